The normalized spacial score (nSPS) is 28.2. The summed E-state index contributed by atoms with van der Waals surface area (Å²) >= 11 is 0. The third-order valence-electron chi connectivity index (χ3n) is 2.81. The molecule has 2 aliphatic rings. The lowest BCUT2D eigenvalue weighted by molar-refractivity contribution is 0.354. The monoisotopic (exact) mass is 179 g/mol. The van der Waals surface area contributed by atoms with Crippen LogP contribution in [0.2, 0.25) is 0 Å². The van der Waals surface area contributed by atoms with E-state index in [-0.39, 0.29) is 0 Å². The molecule has 0 aromatic carbocycles. The molecule has 0 unspecified atom stereocenters. The Morgan fingerprint density at radius 2 is 2.15 bits per heavy atom. The van der Waals surface area contributed by atoms with E-state index in [1.54, 1.807) is 0 Å². The molecule has 1 aliphatic heterocycles. The summed E-state index contributed by atoms with van der Waals surface area (Å²) in [6.45, 7) is 2.07. The van der Waals surface area contributed by atoms with E-state index < -0.39 is 0 Å². The molecular weight excluding hydrogens is 166 g/mol. The van der Waals surface area contributed by atoms with E-state index in [1.165, 1.54) is 12.8 Å². The number of aromatic nitrogens is 2. The molecule has 2 heterocycles. The Morgan fingerprint density at radius 1 is 1.23 bits per heavy atom. The number of hydrogen-bond acceptors (Lipinski definition) is 4. The van der Waals surface area contributed by atoms with Crippen LogP contribution < -0.4 is 5.32 Å². The summed E-state index contributed by atoms with van der Waals surface area (Å²) in [5.74, 6) is 2.83. The van der Waals surface area contributed by atoms with Crippen LogP contribution in [0.5, 0.6) is 0 Å². The third-order valence-corrected chi connectivity index (χ3v) is 2.81. The van der Waals surface area contributed by atoms with Crippen molar-refractivity contribution >= 4 is 0 Å². The van der Waals surface area contributed by atoms with Gasteiger partial charge in [0.15, 0.2) is 5.82 Å². The quantitative estimate of drug-likeness (QED) is 0.736. The molecule has 1 aliphatic carbocycles. The summed E-state index contributed by atoms with van der Waals surface area (Å²) < 4.78 is 5.25. The number of hydrogen-bond donors (Lipinski definition) is 1. The molecule has 3 rings (SSSR count). The van der Waals surface area contributed by atoms with E-state index >= 15 is 0 Å². The summed E-state index contributed by atoms with van der Waals surface area (Å²) in [5, 5.41) is 7.31. The molecule has 13 heavy (non-hydrogen) atoms. The molecule has 0 radical (unpaired) electrons. The van der Waals surface area contributed by atoms with E-state index in [2.05, 4.69) is 15.5 Å². The molecule has 1 aromatic heterocycles. The van der Waals surface area contributed by atoms with E-state index in [0.717, 1.165) is 31.2 Å². The minimum Gasteiger partial charge on any atom is -0.339 e. The van der Waals surface area contributed by atoms with Crippen molar-refractivity contribution in [2.24, 2.45) is 0 Å². The molecular formula is C9H13N3O. The van der Waals surface area contributed by atoms with Crippen molar-refractivity contribution in [3.8, 4) is 0 Å². The molecule has 0 spiro atoms. The molecule has 0 bridgehead atoms. The van der Waals surface area contributed by atoms with Gasteiger partial charge in [0.05, 0.1) is 5.92 Å². The molecule has 1 atom stereocenters. The van der Waals surface area contributed by atoms with Crippen LogP contribution in [-0.2, 0) is 0 Å². The van der Waals surface area contributed by atoms with Gasteiger partial charge in [-0.05, 0) is 25.8 Å². The van der Waals surface area contributed by atoms with Crippen molar-refractivity contribution in [2.75, 3.05) is 13.1 Å². The van der Waals surface area contributed by atoms with Crippen LogP contribution in [0.4, 0.5) is 0 Å². The van der Waals surface area contributed by atoms with Gasteiger partial charge in [-0.3, -0.25) is 0 Å². The van der Waals surface area contributed by atoms with Crippen molar-refractivity contribution in [3.63, 3.8) is 0 Å². The zero-order chi connectivity index (χ0) is 8.67. The van der Waals surface area contributed by atoms with Crippen molar-refractivity contribution in [1.82, 2.24) is 15.5 Å². The van der Waals surface area contributed by atoms with Gasteiger partial charge in [-0.15, -0.1) is 0 Å². The molecule has 1 N–H and O–H groups in total. The minimum atomic E-state index is 0.458. The van der Waals surface area contributed by atoms with Crippen LogP contribution in [0.1, 0.15) is 42.8 Å². The highest BCUT2D eigenvalue weighted by atomic mass is 16.5. The fourth-order valence-corrected chi connectivity index (χ4v) is 1.79. The molecule has 2 fully saturated rings. The van der Waals surface area contributed by atoms with Crippen LogP contribution in [-0.4, -0.2) is 23.2 Å². The van der Waals surface area contributed by atoms with E-state index in [0.29, 0.717) is 11.8 Å². The fraction of sp³-hybridized carbons (Fsp3) is 0.778. The Morgan fingerprint density at radius 3 is 2.85 bits per heavy atom. The number of rotatable bonds is 2. The topological polar surface area (TPSA) is 51.0 Å². The fourth-order valence-electron chi connectivity index (χ4n) is 1.79. The van der Waals surface area contributed by atoms with Gasteiger partial charge in [-0.1, -0.05) is 5.16 Å². The lowest BCUT2D eigenvalue weighted by Crippen LogP contribution is -2.08. The Bertz CT molecular complexity index is 300. The van der Waals surface area contributed by atoms with E-state index in [4.69, 9.17) is 4.52 Å². The van der Waals surface area contributed by atoms with Crippen molar-refractivity contribution in [3.05, 3.63) is 11.7 Å². The second-order valence-electron chi connectivity index (χ2n) is 3.95. The van der Waals surface area contributed by atoms with Crippen LogP contribution in [0, 0.1) is 0 Å². The second-order valence-corrected chi connectivity index (χ2v) is 3.95. The molecule has 1 aromatic rings. The lowest BCUT2D eigenvalue weighted by atomic mass is 10.1. The summed E-state index contributed by atoms with van der Waals surface area (Å²) in [6, 6.07) is 0. The molecule has 70 valence electrons. The van der Waals surface area contributed by atoms with Gasteiger partial charge in [-0.2, -0.15) is 4.98 Å². The van der Waals surface area contributed by atoms with Crippen LogP contribution in [0.3, 0.4) is 0 Å². The number of nitrogens with zero attached hydrogens (tertiary/aromatic N) is 2. The highest BCUT2D eigenvalue weighted by Crippen LogP contribution is 2.38. The lowest BCUT2D eigenvalue weighted by Gasteiger charge is -1.98. The molecule has 1 saturated carbocycles. The zero-order valence-corrected chi connectivity index (χ0v) is 7.49. The Balaban J connectivity index is 1.79. The predicted molar refractivity (Wildman–Crippen MR) is 46.5 cm³/mol. The Labute approximate surface area is 76.7 Å². The Hall–Kier alpha value is -0.900. The van der Waals surface area contributed by atoms with Gasteiger partial charge in [0, 0.05) is 12.5 Å². The van der Waals surface area contributed by atoms with Crippen molar-refractivity contribution < 1.29 is 4.52 Å². The standard InChI is InChI=1S/C9H13N3O/c1-2-6(1)8-11-9(13-12-8)7-3-4-10-5-7/h6-7,10H,1-5H2/t7-/m0/s1. The van der Waals surface area contributed by atoms with Gasteiger partial charge in [-0.25, -0.2) is 0 Å². The second kappa shape index (κ2) is 2.80. The largest absolute Gasteiger partial charge is 0.339 e. The summed E-state index contributed by atoms with van der Waals surface area (Å²) in [4.78, 5) is 4.44. The maximum Gasteiger partial charge on any atom is 0.231 e. The average molecular weight is 179 g/mol. The van der Waals surface area contributed by atoms with Gasteiger partial charge < -0.3 is 9.84 Å². The highest BCUT2D eigenvalue weighted by molar-refractivity contribution is 5.06. The first kappa shape index (κ1) is 7.50. The highest BCUT2D eigenvalue weighted by Gasteiger charge is 2.30. The molecule has 4 nitrogen and oxygen atoms in total. The third kappa shape index (κ3) is 1.35. The van der Waals surface area contributed by atoms with Crippen molar-refractivity contribution in [2.45, 2.75) is 31.1 Å². The maximum atomic E-state index is 5.25. The molecule has 4 heteroatoms. The average Bonchev–Trinajstić information content (AvgIpc) is 2.72. The first-order chi connectivity index (χ1) is 6.43. The van der Waals surface area contributed by atoms with E-state index in [9.17, 15) is 0 Å². The van der Waals surface area contributed by atoms with Crippen molar-refractivity contribution in [1.29, 1.82) is 0 Å². The first-order valence-corrected chi connectivity index (χ1v) is 4.97. The van der Waals surface area contributed by atoms with Gasteiger partial charge in [0.1, 0.15) is 0 Å². The Kier molecular flexibility index (Phi) is 1.62. The smallest absolute Gasteiger partial charge is 0.231 e. The summed E-state index contributed by atoms with van der Waals surface area (Å²) in [7, 11) is 0. The molecule has 0 amide bonds. The van der Waals surface area contributed by atoms with Crippen LogP contribution in [0.15, 0.2) is 4.52 Å². The van der Waals surface area contributed by atoms with E-state index in [1.807, 2.05) is 0 Å². The molecule has 1 saturated heterocycles. The maximum absolute atomic E-state index is 5.25. The summed E-state index contributed by atoms with van der Waals surface area (Å²) in [6.07, 6.45) is 3.61. The van der Waals surface area contributed by atoms with Gasteiger partial charge >= 0.3 is 0 Å². The first-order valence-electron chi connectivity index (χ1n) is 4.97. The summed E-state index contributed by atoms with van der Waals surface area (Å²) in [5.41, 5.74) is 0. The van der Waals surface area contributed by atoms with Crippen LogP contribution in [0.25, 0.3) is 0 Å². The van der Waals surface area contributed by atoms with Gasteiger partial charge in [0.25, 0.3) is 0 Å². The minimum absolute atomic E-state index is 0.458. The number of nitrogens with one attached hydrogen (secondary N) is 1. The predicted octanol–water partition coefficient (Wildman–Crippen LogP) is 1.02. The van der Waals surface area contributed by atoms with Gasteiger partial charge in [0.2, 0.25) is 5.89 Å². The van der Waals surface area contributed by atoms with Crippen LogP contribution >= 0.6 is 0 Å². The zero-order valence-electron chi connectivity index (χ0n) is 7.49. The SMILES string of the molecule is C1C[C@H](c2nc(C3CC3)no2)CN1.